The van der Waals surface area contributed by atoms with Gasteiger partial charge in [-0.15, -0.1) is 10.2 Å². The minimum atomic E-state index is -2.83. The maximum atomic E-state index is 13.4. The summed E-state index contributed by atoms with van der Waals surface area (Å²) in [4.78, 5) is 0. The van der Waals surface area contributed by atoms with Gasteiger partial charge in [0.15, 0.2) is 0 Å². The van der Waals surface area contributed by atoms with Crippen LogP contribution < -0.4 is 0 Å². The molecule has 1 aromatic heterocycles. The molecule has 1 heterocycles. The van der Waals surface area contributed by atoms with Gasteiger partial charge >= 0.3 is 6.43 Å². The van der Waals surface area contributed by atoms with Crippen LogP contribution in [0.4, 0.5) is 13.2 Å². The summed E-state index contributed by atoms with van der Waals surface area (Å²) in [6.45, 7) is 4.00. The van der Waals surface area contributed by atoms with Crippen molar-refractivity contribution in [2.75, 3.05) is 0 Å². The van der Waals surface area contributed by atoms with E-state index in [2.05, 4.69) is 26.1 Å². The number of benzene rings is 1. The number of hydrogen-bond donors (Lipinski definition) is 0. The van der Waals surface area contributed by atoms with E-state index in [1.165, 1.54) is 18.2 Å². The SMILES string of the molecule is CC.Fc1cc(-c2nnc(C(F)F)o2)ccc1CBr. The Morgan fingerprint density at radius 2 is 1.95 bits per heavy atom. The maximum absolute atomic E-state index is 13.4. The number of halogens is 4. The van der Waals surface area contributed by atoms with Crippen molar-refractivity contribution < 1.29 is 17.6 Å². The first kappa shape index (κ1) is 15.7. The minimum absolute atomic E-state index is 0.125. The first-order valence-electron chi connectivity index (χ1n) is 5.58. The molecule has 0 spiro atoms. The summed E-state index contributed by atoms with van der Waals surface area (Å²) >= 11 is 3.12. The van der Waals surface area contributed by atoms with E-state index in [9.17, 15) is 13.2 Å². The molecule has 104 valence electrons. The smallest absolute Gasteiger partial charge is 0.314 e. The highest BCUT2D eigenvalue weighted by Crippen LogP contribution is 2.25. The van der Waals surface area contributed by atoms with Crippen molar-refractivity contribution in [3.05, 3.63) is 35.5 Å². The molecule has 7 heteroatoms. The van der Waals surface area contributed by atoms with Gasteiger partial charge in [0.25, 0.3) is 5.89 Å². The highest BCUT2D eigenvalue weighted by Gasteiger charge is 2.17. The number of rotatable bonds is 3. The van der Waals surface area contributed by atoms with Crippen LogP contribution in [0.5, 0.6) is 0 Å². The highest BCUT2D eigenvalue weighted by molar-refractivity contribution is 9.08. The second-order valence-corrected chi connectivity index (χ2v) is 3.75. The Morgan fingerprint density at radius 3 is 2.42 bits per heavy atom. The highest BCUT2D eigenvalue weighted by atomic mass is 79.9. The van der Waals surface area contributed by atoms with Crippen LogP contribution in [0, 0.1) is 5.82 Å². The molecule has 0 saturated carbocycles. The molecule has 19 heavy (non-hydrogen) atoms. The molecule has 0 saturated heterocycles. The molecule has 1 aromatic carbocycles. The number of nitrogens with zero attached hydrogens (tertiary/aromatic N) is 2. The second kappa shape index (κ2) is 7.28. The molecule has 0 fully saturated rings. The Balaban J connectivity index is 0.000000861. The van der Waals surface area contributed by atoms with Gasteiger partial charge in [0.1, 0.15) is 5.82 Å². The summed E-state index contributed by atoms with van der Waals surface area (Å²) < 4.78 is 42.6. The largest absolute Gasteiger partial charge is 0.415 e. The fourth-order valence-electron chi connectivity index (χ4n) is 1.23. The number of hydrogen-bond acceptors (Lipinski definition) is 3. The molecule has 0 radical (unpaired) electrons. The van der Waals surface area contributed by atoms with E-state index in [1.807, 2.05) is 13.8 Å². The van der Waals surface area contributed by atoms with Crippen LogP contribution in [0.25, 0.3) is 11.5 Å². The molecule has 2 aromatic rings. The van der Waals surface area contributed by atoms with Crippen molar-refractivity contribution in [3.8, 4) is 11.5 Å². The normalized spacial score (nSPS) is 10.3. The fourth-order valence-corrected chi connectivity index (χ4v) is 1.68. The summed E-state index contributed by atoms with van der Waals surface area (Å²) in [5.41, 5.74) is 0.731. The topological polar surface area (TPSA) is 38.9 Å². The summed E-state index contributed by atoms with van der Waals surface area (Å²) in [6.07, 6.45) is -2.83. The van der Waals surface area contributed by atoms with Crippen molar-refractivity contribution in [1.29, 1.82) is 0 Å². The zero-order valence-corrected chi connectivity index (χ0v) is 11.9. The molecule has 0 aliphatic rings. The van der Waals surface area contributed by atoms with E-state index in [1.54, 1.807) is 0 Å². The molecule has 0 aliphatic heterocycles. The van der Waals surface area contributed by atoms with Gasteiger partial charge in [-0.05, 0) is 17.7 Å². The Morgan fingerprint density at radius 1 is 1.26 bits per heavy atom. The molecule has 0 atom stereocenters. The predicted molar refractivity (Wildman–Crippen MR) is 68.6 cm³/mol. The predicted octanol–water partition coefficient (Wildman–Crippen LogP) is 4.73. The summed E-state index contributed by atoms with van der Waals surface area (Å²) in [7, 11) is 0. The number of alkyl halides is 3. The van der Waals surface area contributed by atoms with Gasteiger partial charge < -0.3 is 4.42 Å². The van der Waals surface area contributed by atoms with Gasteiger partial charge in [0, 0.05) is 10.9 Å². The van der Waals surface area contributed by atoms with Crippen LogP contribution in [-0.4, -0.2) is 10.2 Å². The van der Waals surface area contributed by atoms with Crippen molar-refractivity contribution in [1.82, 2.24) is 10.2 Å². The lowest BCUT2D eigenvalue weighted by atomic mass is 10.1. The maximum Gasteiger partial charge on any atom is 0.314 e. The molecule has 0 aliphatic carbocycles. The van der Waals surface area contributed by atoms with Crippen molar-refractivity contribution in [2.24, 2.45) is 0 Å². The van der Waals surface area contributed by atoms with Crippen LogP contribution in [0.2, 0.25) is 0 Å². The summed E-state index contributed by atoms with van der Waals surface area (Å²) in [5.74, 6) is -1.36. The van der Waals surface area contributed by atoms with Gasteiger partial charge in [0.2, 0.25) is 5.89 Å². The second-order valence-electron chi connectivity index (χ2n) is 3.19. The van der Waals surface area contributed by atoms with Gasteiger partial charge in [-0.2, -0.15) is 8.78 Å². The third-order valence-corrected chi connectivity index (χ3v) is 2.68. The van der Waals surface area contributed by atoms with Crippen LogP contribution in [0.15, 0.2) is 22.6 Å². The van der Waals surface area contributed by atoms with Gasteiger partial charge in [-0.1, -0.05) is 35.8 Å². The average Bonchev–Trinajstić information content (AvgIpc) is 2.91. The molecule has 2 rings (SSSR count). The zero-order chi connectivity index (χ0) is 14.4. The monoisotopic (exact) mass is 336 g/mol. The quantitative estimate of drug-likeness (QED) is 0.760. The Labute approximate surface area is 117 Å². The third-order valence-electron chi connectivity index (χ3n) is 2.07. The van der Waals surface area contributed by atoms with E-state index < -0.39 is 18.1 Å². The Hall–Kier alpha value is -1.37. The van der Waals surface area contributed by atoms with Gasteiger partial charge in [-0.25, -0.2) is 4.39 Å². The van der Waals surface area contributed by atoms with E-state index in [0.29, 0.717) is 10.9 Å². The Bertz CT molecular complexity index is 531. The van der Waals surface area contributed by atoms with Gasteiger partial charge in [0.05, 0.1) is 0 Å². The minimum Gasteiger partial charge on any atom is -0.415 e. The summed E-state index contributed by atoms with van der Waals surface area (Å²) in [6, 6.07) is 4.22. The fraction of sp³-hybridized carbons (Fsp3) is 0.333. The standard InChI is InChI=1S/C10H6BrF3N2O.C2H6/c11-4-6-2-1-5(3-7(6)12)9-15-16-10(17-9)8(13)14;1-2/h1-3,8H,4H2;1-2H3. The average molecular weight is 337 g/mol. The summed E-state index contributed by atoms with van der Waals surface area (Å²) in [5, 5.41) is 6.96. The van der Waals surface area contributed by atoms with Gasteiger partial charge in [-0.3, -0.25) is 0 Å². The number of aromatic nitrogens is 2. The lowest BCUT2D eigenvalue weighted by molar-refractivity contribution is 0.116. The van der Waals surface area contributed by atoms with Crippen molar-refractivity contribution in [2.45, 2.75) is 25.6 Å². The van der Waals surface area contributed by atoms with E-state index in [0.717, 1.165) is 0 Å². The molecular weight excluding hydrogens is 325 g/mol. The lowest BCUT2D eigenvalue weighted by Crippen LogP contribution is -1.87. The van der Waals surface area contributed by atoms with Crippen molar-refractivity contribution >= 4 is 15.9 Å². The van der Waals surface area contributed by atoms with Crippen LogP contribution in [0.3, 0.4) is 0 Å². The molecule has 3 nitrogen and oxygen atoms in total. The van der Waals surface area contributed by atoms with E-state index in [4.69, 9.17) is 4.42 Å². The molecule has 0 amide bonds. The first-order valence-corrected chi connectivity index (χ1v) is 6.70. The molecule has 0 unspecified atom stereocenters. The van der Waals surface area contributed by atoms with Crippen LogP contribution in [0.1, 0.15) is 31.7 Å². The van der Waals surface area contributed by atoms with E-state index >= 15 is 0 Å². The van der Waals surface area contributed by atoms with Crippen molar-refractivity contribution in [3.63, 3.8) is 0 Å². The van der Waals surface area contributed by atoms with E-state index in [-0.39, 0.29) is 11.5 Å². The Kier molecular flexibility index (Phi) is 6.01. The molecule has 0 N–H and O–H groups in total. The van der Waals surface area contributed by atoms with Crippen LogP contribution in [-0.2, 0) is 5.33 Å². The third kappa shape index (κ3) is 3.79. The molecular formula is C12H12BrF3N2O. The van der Waals surface area contributed by atoms with Crippen LogP contribution >= 0.6 is 15.9 Å². The zero-order valence-electron chi connectivity index (χ0n) is 10.3. The first-order chi connectivity index (χ1) is 9.11. The lowest BCUT2D eigenvalue weighted by Gasteiger charge is -2.00. The molecule has 0 bridgehead atoms.